The fraction of sp³-hybridized carbons (Fsp3) is 0.267. The van der Waals surface area contributed by atoms with Crippen molar-refractivity contribution in [3.05, 3.63) is 51.9 Å². The number of nitrogens with one attached hydrogen (secondary N) is 1. The summed E-state index contributed by atoms with van der Waals surface area (Å²) >= 11 is 6.12. The summed E-state index contributed by atoms with van der Waals surface area (Å²) in [6, 6.07) is 5.08. The first-order chi connectivity index (χ1) is 9.51. The van der Waals surface area contributed by atoms with Crippen LogP contribution in [0, 0.1) is 19.7 Å². The van der Waals surface area contributed by atoms with Crippen LogP contribution in [0.1, 0.15) is 16.7 Å². The highest BCUT2D eigenvalue weighted by Crippen LogP contribution is 2.29. The van der Waals surface area contributed by atoms with Crippen molar-refractivity contribution in [3.63, 3.8) is 0 Å². The van der Waals surface area contributed by atoms with Crippen LogP contribution in [0.2, 0.25) is 5.02 Å². The number of nitrogens with zero attached hydrogens (tertiary/aromatic N) is 1. The first-order valence-electron chi connectivity index (χ1n) is 6.25. The van der Waals surface area contributed by atoms with Gasteiger partial charge in [-0.2, -0.15) is 0 Å². The van der Waals surface area contributed by atoms with Crippen LogP contribution in [-0.2, 0) is 6.54 Å². The van der Waals surface area contributed by atoms with Crippen molar-refractivity contribution in [1.82, 2.24) is 10.3 Å². The SMILES string of the molecule is CNCc1cc(F)cnc1Oc1cc(C)c(Cl)c(C)c1. The Bertz CT molecular complexity index is 608. The standard InChI is InChI=1S/C15H16ClFN2O/c1-9-4-13(5-10(2)14(9)16)20-15-11(7-18-3)6-12(17)8-19-15/h4-6,8,18H,7H2,1-3H3. The van der Waals surface area contributed by atoms with E-state index in [1.807, 2.05) is 26.0 Å². The molecule has 106 valence electrons. The molecule has 1 heterocycles. The molecule has 0 amide bonds. The van der Waals surface area contributed by atoms with Crippen molar-refractivity contribution in [2.75, 3.05) is 7.05 Å². The zero-order chi connectivity index (χ0) is 14.7. The Hall–Kier alpha value is -1.65. The summed E-state index contributed by atoms with van der Waals surface area (Å²) in [5.74, 6) is 0.647. The lowest BCUT2D eigenvalue weighted by Gasteiger charge is -2.12. The number of pyridine rings is 1. The number of aromatic nitrogens is 1. The summed E-state index contributed by atoms with van der Waals surface area (Å²) in [4.78, 5) is 4.00. The molecule has 3 nitrogen and oxygen atoms in total. The molecule has 0 aliphatic heterocycles. The molecule has 1 N–H and O–H groups in total. The minimum atomic E-state index is -0.383. The molecule has 1 aromatic heterocycles. The number of hydrogen-bond acceptors (Lipinski definition) is 3. The molecule has 0 radical (unpaired) electrons. The maximum absolute atomic E-state index is 13.2. The van der Waals surface area contributed by atoms with E-state index < -0.39 is 0 Å². The zero-order valence-corrected chi connectivity index (χ0v) is 12.4. The minimum absolute atomic E-state index is 0.383. The van der Waals surface area contributed by atoms with E-state index in [0.717, 1.165) is 22.3 Å². The van der Waals surface area contributed by atoms with E-state index in [-0.39, 0.29) is 5.82 Å². The highest BCUT2D eigenvalue weighted by molar-refractivity contribution is 6.32. The van der Waals surface area contributed by atoms with E-state index in [0.29, 0.717) is 23.7 Å². The summed E-state index contributed by atoms with van der Waals surface area (Å²) < 4.78 is 19.0. The highest BCUT2D eigenvalue weighted by atomic mass is 35.5. The van der Waals surface area contributed by atoms with Gasteiger partial charge in [0, 0.05) is 17.1 Å². The van der Waals surface area contributed by atoms with Crippen molar-refractivity contribution in [2.45, 2.75) is 20.4 Å². The minimum Gasteiger partial charge on any atom is -0.439 e. The van der Waals surface area contributed by atoms with Gasteiger partial charge in [-0.3, -0.25) is 0 Å². The van der Waals surface area contributed by atoms with Gasteiger partial charge in [0.1, 0.15) is 11.6 Å². The van der Waals surface area contributed by atoms with Gasteiger partial charge in [0.05, 0.1) is 6.20 Å². The Morgan fingerprint density at radius 2 is 1.90 bits per heavy atom. The summed E-state index contributed by atoms with van der Waals surface area (Å²) in [6.07, 6.45) is 1.14. The molecule has 2 rings (SSSR count). The van der Waals surface area contributed by atoms with Crippen molar-refractivity contribution in [1.29, 1.82) is 0 Å². The smallest absolute Gasteiger partial charge is 0.223 e. The van der Waals surface area contributed by atoms with Crippen molar-refractivity contribution in [3.8, 4) is 11.6 Å². The Morgan fingerprint density at radius 1 is 1.25 bits per heavy atom. The van der Waals surface area contributed by atoms with Crippen molar-refractivity contribution in [2.24, 2.45) is 0 Å². The topological polar surface area (TPSA) is 34.2 Å². The molecule has 0 fully saturated rings. The second-order valence-corrected chi connectivity index (χ2v) is 5.00. The number of benzene rings is 1. The third kappa shape index (κ3) is 3.26. The quantitative estimate of drug-likeness (QED) is 0.925. The van der Waals surface area contributed by atoms with Gasteiger partial charge in [-0.15, -0.1) is 0 Å². The number of aryl methyl sites for hydroxylation is 2. The van der Waals surface area contributed by atoms with Gasteiger partial charge < -0.3 is 10.1 Å². The van der Waals surface area contributed by atoms with Crippen LogP contribution in [0.3, 0.4) is 0 Å². The molecule has 5 heteroatoms. The van der Waals surface area contributed by atoms with Crippen LogP contribution >= 0.6 is 11.6 Å². The Morgan fingerprint density at radius 3 is 2.50 bits per heavy atom. The van der Waals surface area contributed by atoms with Gasteiger partial charge in [0.2, 0.25) is 5.88 Å². The fourth-order valence-electron chi connectivity index (χ4n) is 1.95. The molecule has 0 atom stereocenters. The lowest BCUT2D eigenvalue weighted by molar-refractivity contribution is 0.449. The number of ether oxygens (including phenoxy) is 1. The summed E-state index contributed by atoms with van der Waals surface area (Å²) in [7, 11) is 1.78. The summed E-state index contributed by atoms with van der Waals surface area (Å²) in [5, 5.41) is 3.68. The molecule has 0 spiro atoms. The Balaban J connectivity index is 2.34. The molecule has 0 aliphatic rings. The Labute approximate surface area is 122 Å². The van der Waals surface area contributed by atoms with Gasteiger partial charge >= 0.3 is 0 Å². The number of hydrogen-bond donors (Lipinski definition) is 1. The molecule has 20 heavy (non-hydrogen) atoms. The summed E-state index contributed by atoms with van der Waals surface area (Å²) in [5.41, 5.74) is 2.52. The van der Waals surface area contributed by atoms with E-state index in [4.69, 9.17) is 16.3 Å². The molecule has 0 saturated heterocycles. The lowest BCUT2D eigenvalue weighted by Crippen LogP contribution is -2.08. The number of halogens is 2. The van der Waals surface area contributed by atoms with Crippen LogP contribution in [0.5, 0.6) is 11.6 Å². The fourth-order valence-corrected chi connectivity index (χ4v) is 2.06. The number of rotatable bonds is 4. The predicted molar refractivity (Wildman–Crippen MR) is 78.0 cm³/mol. The predicted octanol–water partition coefficient (Wildman–Crippen LogP) is 4.00. The Kier molecular flexibility index (Phi) is 4.57. The molecular weight excluding hydrogens is 279 g/mol. The molecule has 0 unspecified atom stereocenters. The van der Waals surface area contributed by atoms with Crippen molar-refractivity contribution >= 4 is 11.6 Å². The first kappa shape index (κ1) is 14.8. The van der Waals surface area contributed by atoms with E-state index in [1.165, 1.54) is 6.07 Å². The van der Waals surface area contributed by atoms with Crippen LogP contribution in [0.15, 0.2) is 24.4 Å². The monoisotopic (exact) mass is 294 g/mol. The molecule has 0 saturated carbocycles. The van der Waals surface area contributed by atoms with Gasteiger partial charge in [-0.25, -0.2) is 9.37 Å². The second-order valence-electron chi connectivity index (χ2n) is 4.62. The van der Waals surface area contributed by atoms with Crippen molar-refractivity contribution < 1.29 is 9.13 Å². The van der Waals surface area contributed by atoms with E-state index in [2.05, 4.69) is 10.3 Å². The molecular formula is C15H16ClFN2O. The van der Waals surface area contributed by atoms with Gasteiger partial charge in [-0.05, 0) is 50.2 Å². The lowest BCUT2D eigenvalue weighted by atomic mass is 10.1. The van der Waals surface area contributed by atoms with Crippen LogP contribution in [-0.4, -0.2) is 12.0 Å². The average molecular weight is 295 g/mol. The van der Waals surface area contributed by atoms with E-state index >= 15 is 0 Å². The largest absolute Gasteiger partial charge is 0.439 e. The zero-order valence-electron chi connectivity index (χ0n) is 11.6. The third-order valence-electron chi connectivity index (χ3n) is 2.88. The van der Waals surface area contributed by atoms with Crippen LogP contribution < -0.4 is 10.1 Å². The summed E-state index contributed by atoms with van der Waals surface area (Å²) in [6.45, 7) is 4.30. The molecule has 0 bridgehead atoms. The van der Waals surface area contributed by atoms with E-state index in [9.17, 15) is 4.39 Å². The molecule has 1 aromatic carbocycles. The van der Waals surface area contributed by atoms with Crippen LogP contribution in [0.25, 0.3) is 0 Å². The average Bonchev–Trinajstić information content (AvgIpc) is 2.39. The van der Waals surface area contributed by atoms with Gasteiger partial charge in [0.25, 0.3) is 0 Å². The molecule has 2 aromatic rings. The maximum atomic E-state index is 13.2. The maximum Gasteiger partial charge on any atom is 0.223 e. The first-order valence-corrected chi connectivity index (χ1v) is 6.62. The highest BCUT2D eigenvalue weighted by Gasteiger charge is 2.10. The molecule has 0 aliphatic carbocycles. The normalized spacial score (nSPS) is 10.7. The van der Waals surface area contributed by atoms with E-state index in [1.54, 1.807) is 7.05 Å². The van der Waals surface area contributed by atoms with Crippen LogP contribution in [0.4, 0.5) is 4.39 Å². The third-order valence-corrected chi connectivity index (χ3v) is 3.48. The second kappa shape index (κ2) is 6.20. The van der Waals surface area contributed by atoms with Gasteiger partial charge in [-0.1, -0.05) is 11.6 Å². The van der Waals surface area contributed by atoms with Gasteiger partial charge in [0.15, 0.2) is 0 Å².